The van der Waals surface area contributed by atoms with E-state index in [1.54, 1.807) is 0 Å². The number of hydrogen-bond acceptors (Lipinski definition) is 5. The van der Waals surface area contributed by atoms with Crippen LogP contribution in [0.4, 0.5) is 0 Å². The van der Waals surface area contributed by atoms with Crippen LogP contribution in [0.5, 0.6) is 0 Å². The van der Waals surface area contributed by atoms with E-state index >= 15 is 0 Å². The van der Waals surface area contributed by atoms with Gasteiger partial charge in [0.25, 0.3) is 5.56 Å². The number of aromatic amines is 1. The predicted molar refractivity (Wildman–Crippen MR) is 90.4 cm³/mol. The molecule has 2 N–H and O–H groups in total. The Labute approximate surface area is 140 Å². The number of likely N-dealkylation sites (tertiary alicyclic amines) is 1. The fraction of sp³-hybridized carbons (Fsp3) is 0.375. The van der Waals surface area contributed by atoms with E-state index in [2.05, 4.69) is 36.1 Å². The Morgan fingerprint density at radius 2 is 2.35 bits per heavy atom. The lowest BCUT2D eigenvalue weighted by Crippen LogP contribution is -2.43. The molecule has 3 aromatic rings. The first kappa shape index (κ1) is 13.7. The zero-order valence-electron chi connectivity index (χ0n) is 12.3. The van der Waals surface area contributed by atoms with Crippen molar-refractivity contribution in [2.45, 2.75) is 25.0 Å². The summed E-state index contributed by atoms with van der Waals surface area (Å²) in [6.45, 7) is 2.72. The van der Waals surface area contributed by atoms with Crippen LogP contribution >= 0.6 is 15.9 Å². The van der Waals surface area contributed by atoms with Gasteiger partial charge >= 0.3 is 0 Å². The van der Waals surface area contributed by atoms with Gasteiger partial charge in [-0.1, -0.05) is 15.9 Å². The molecule has 0 amide bonds. The molecule has 2 aliphatic rings. The Kier molecular flexibility index (Phi) is 2.92. The lowest BCUT2D eigenvalue weighted by molar-refractivity contribution is 0.213. The Morgan fingerprint density at radius 1 is 1.43 bits per heavy atom. The monoisotopic (exact) mass is 374 g/mol. The molecule has 2 bridgehead atoms. The number of benzene rings is 1. The van der Waals surface area contributed by atoms with Crippen molar-refractivity contribution < 1.29 is 4.42 Å². The number of piperazine rings is 1. The van der Waals surface area contributed by atoms with E-state index in [4.69, 9.17) is 4.42 Å². The summed E-state index contributed by atoms with van der Waals surface area (Å²) < 4.78 is 6.61. The second-order valence-corrected chi connectivity index (χ2v) is 7.27. The van der Waals surface area contributed by atoms with Crippen LogP contribution in [0.15, 0.2) is 31.9 Å². The van der Waals surface area contributed by atoms with Crippen molar-refractivity contribution in [2.24, 2.45) is 0 Å². The van der Waals surface area contributed by atoms with Gasteiger partial charge in [0.2, 0.25) is 5.58 Å². The van der Waals surface area contributed by atoms with Crippen molar-refractivity contribution in [1.82, 2.24) is 20.2 Å². The molecule has 0 unspecified atom stereocenters. The van der Waals surface area contributed by atoms with E-state index in [1.807, 2.05) is 18.2 Å². The molecule has 0 aliphatic carbocycles. The number of fused-ring (bicyclic) bond motifs is 5. The molecular formula is C16H15BrN4O2. The molecule has 0 radical (unpaired) electrons. The maximum atomic E-state index is 12.4. The first-order chi connectivity index (χ1) is 11.2. The van der Waals surface area contributed by atoms with E-state index in [-0.39, 0.29) is 5.56 Å². The van der Waals surface area contributed by atoms with Crippen molar-refractivity contribution >= 4 is 38.0 Å². The van der Waals surface area contributed by atoms with Gasteiger partial charge in [0.1, 0.15) is 16.9 Å². The Bertz CT molecular complexity index is 979. The van der Waals surface area contributed by atoms with Crippen molar-refractivity contribution in [3.05, 3.63) is 38.9 Å². The van der Waals surface area contributed by atoms with Gasteiger partial charge in [-0.3, -0.25) is 9.69 Å². The second kappa shape index (κ2) is 4.90. The third kappa shape index (κ3) is 2.14. The maximum Gasteiger partial charge on any atom is 0.294 e. The fourth-order valence-electron chi connectivity index (χ4n) is 3.78. The number of hydrogen-bond donors (Lipinski definition) is 2. The number of H-pyrrole nitrogens is 1. The summed E-state index contributed by atoms with van der Waals surface area (Å²) in [6.07, 6.45) is 1.19. The SMILES string of the molecule is O=c1[nH]c(CN2C[C@@H]3C[C@H]2CN3)nc2c1oc1ccc(Br)cc12. The van der Waals surface area contributed by atoms with E-state index in [0.29, 0.717) is 41.1 Å². The first-order valence-corrected chi connectivity index (χ1v) is 8.55. The minimum Gasteiger partial charge on any atom is -0.449 e. The molecule has 2 saturated heterocycles. The van der Waals surface area contributed by atoms with Crippen LogP contribution in [0.3, 0.4) is 0 Å². The molecule has 0 saturated carbocycles. The minimum atomic E-state index is -0.209. The summed E-state index contributed by atoms with van der Waals surface area (Å²) in [5.74, 6) is 0.706. The van der Waals surface area contributed by atoms with Gasteiger partial charge in [0, 0.05) is 35.0 Å². The van der Waals surface area contributed by atoms with Crippen LogP contribution < -0.4 is 10.9 Å². The molecular weight excluding hydrogens is 360 g/mol. The zero-order chi connectivity index (χ0) is 15.6. The van der Waals surface area contributed by atoms with Gasteiger partial charge in [-0.25, -0.2) is 4.98 Å². The third-order valence-corrected chi connectivity index (χ3v) is 5.35. The highest BCUT2D eigenvalue weighted by molar-refractivity contribution is 9.10. The summed E-state index contributed by atoms with van der Waals surface area (Å²) in [4.78, 5) is 22.3. The molecule has 2 aromatic heterocycles. The Morgan fingerprint density at radius 3 is 3.13 bits per heavy atom. The minimum absolute atomic E-state index is 0.209. The number of rotatable bonds is 2. The smallest absolute Gasteiger partial charge is 0.294 e. The van der Waals surface area contributed by atoms with Crippen LogP contribution in [0.1, 0.15) is 12.2 Å². The molecule has 0 spiro atoms. The fourth-order valence-corrected chi connectivity index (χ4v) is 4.14. The highest BCUT2D eigenvalue weighted by Crippen LogP contribution is 2.28. The molecule has 118 valence electrons. The second-order valence-electron chi connectivity index (χ2n) is 6.36. The van der Waals surface area contributed by atoms with Crippen LogP contribution in [-0.4, -0.2) is 40.0 Å². The Hall–Kier alpha value is -1.70. The van der Waals surface area contributed by atoms with Crippen LogP contribution in [0.2, 0.25) is 0 Å². The molecule has 7 heteroatoms. The van der Waals surface area contributed by atoms with E-state index in [0.717, 1.165) is 22.9 Å². The summed E-state index contributed by atoms with van der Waals surface area (Å²) in [5.41, 5.74) is 1.41. The van der Waals surface area contributed by atoms with Gasteiger partial charge in [-0.2, -0.15) is 0 Å². The standard InChI is InChI=1S/C16H15BrN4O2/c17-8-1-2-12-11(3-8)14-15(23-12)16(22)20-13(19-14)7-21-6-9-4-10(21)5-18-9/h1-3,9-10,18H,4-7H2,(H,19,20,22)/t9-,10-/m0/s1. The molecule has 6 nitrogen and oxygen atoms in total. The van der Waals surface area contributed by atoms with Gasteiger partial charge in [-0.05, 0) is 24.6 Å². The first-order valence-electron chi connectivity index (χ1n) is 7.76. The lowest BCUT2D eigenvalue weighted by atomic mass is 10.2. The van der Waals surface area contributed by atoms with E-state index in [1.165, 1.54) is 6.42 Å². The maximum absolute atomic E-state index is 12.4. The van der Waals surface area contributed by atoms with Gasteiger partial charge < -0.3 is 14.7 Å². The largest absolute Gasteiger partial charge is 0.449 e. The summed E-state index contributed by atoms with van der Waals surface area (Å²) in [6, 6.07) is 6.83. The quantitative estimate of drug-likeness (QED) is 0.717. The summed E-state index contributed by atoms with van der Waals surface area (Å²) in [7, 11) is 0. The van der Waals surface area contributed by atoms with Gasteiger partial charge in [-0.15, -0.1) is 0 Å². The van der Waals surface area contributed by atoms with Crippen LogP contribution in [0, 0.1) is 0 Å². The molecule has 5 rings (SSSR count). The molecule has 2 fully saturated rings. The summed E-state index contributed by atoms with van der Waals surface area (Å²) >= 11 is 3.46. The van der Waals surface area contributed by atoms with E-state index < -0.39 is 0 Å². The van der Waals surface area contributed by atoms with Gasteiger partial charge in [0.05, 0.1) is 6.54 Å². The molecule has 2 aliphatic heterocycles. The molecule has 2 atom stereocenters. The third-order valence-electron chi connectivity index (χ3n) is 4.86. The number of halogens is 1. The van der Waals surface area contributed by atoms with E-state index in [9.17, 15) is 4.79 Å². The molecule has 4 heterocycles. The Balaban J connectivity index is 1.61. The van der Waals surface area contributed by atoms with Gasteiger partial charge in [0.15, 0.2) is 0 Å². The molecule has 1 aromatic carbocycles. The zero-order valence-corrected chi connectivity index (χ0v) is 13.9. The van der Waals surface area contributed by atoms with Crippen molar-refractivity contribution in [2.75, 3.05) is 13.1 Å². The van der Waals surface area contributed by atoms with Crippen molar-refractivity contribution in [3.63, 3.8) is 0 Å². The summed E-state index contributed by atoms with van der Waals surface area (Å²) in [5, 5.41) is 4.35. The van der Waals surface area contributed by atoms with Crippen molar-refractivity contribution in [1.29, 1.82) is 0 Å². The number of furan rings is 1. The highest BCUT2D eigenvalue weighted by atomic mass is 79.9. The number of aromatic nitrogens is 2. The normalized spacial score (nSPS) is 24.2. The molecule has 23 heavy (non-hydrogen) atoms. The predicted octanol–water partition coefficient (Wildman–Crippen LogP) is 1.98. The topological polar surface area (TPSA) is 74.2 Å². The average Bonchev–Trinajstić information content (AvgIpc) is 3.21. The van der Waals surface area contributed by atoms with Crippen LogP contribution in [0.25, 0.3) is 22.1 Å². The van der Waals surface area contributed by atoms with Crippen molar-refractivity contribution in [3.8, 4) is 0 Å². The average molecular weight is 375 g/mol. The van der Waals surface area contributed by atoms with Crippen LogP contribution in [-0.2, 0) is 6.54 Å². The number of nitrogens with one attached hydrogen (secondary N) is 2. The number of nitrogens with zero attached hydrogens (tertiary/aromatic N) is 2. The lowest BCUT2D eigenvalue weighted by Gasteiger charge is -2.26. The highest BCUT2D eigenvalue weighted by Gasteiger charge is 2.37.